The van der Waals surface area contributed by atoms with Gasteiger partial charge in [-0.05, 0) is 44.4 Å². The highest BCUT2D eigenvalue weighted by molar-refractivity contribution is 5.94. The first-order valence-electron chi connectivity index (χ1n) is 17.9. The van der Waals surface area contributed by atoms with Gasteiger partial charge in [-0.15, -0.1) is 0 Å². The Morgan fingerprint density at radius 1 is 0.679 bits per heavy atom. The Morgan fingerprint density at radius 2 is 1.30 bits per heavy atom. The number of amides is 8. The molecule has 5 N–H and O–H groups in total. The van der Waals surface area contributed by atoms with Crippen LogP contribution in [-0.2, 0) is 43.2 Å². The largest absolute Gasteiger partial charge is 0.393 e. The molecule has 4 atom stereocenters. The topological polar surface area (TPSA) is 235 Å². The molecule has 18 nitrogen and oxygen atoms in total. The fourth-order valence-corrected chi connectivity index (χ4v) is 4.99. The van der Waals surface area contributed by atoms with Crippen molar-refractivity contribution in [1.29, 1.82) is 0 Å². The van der Waals surface area contributed by atoms with E-state index in [1.54, 1.807) is 6.92 Å². The molecule has 0 spiro atoms. The van der Waals surface area contributed by atoms with Crippen LogP contribution in [0.2, 0.25) is 0 Å². The van der Waals surface area contributed by atoms with Gasteiger partial charge < -0.3 is 50.8 Å². The monoisotopic (exact) mass is 754 g/mol. The van der Waals surface area contributed by atoms with Crippen molar-refractivity contribution in [3.8, 4) is 0 Å². The smallest absolute Gasteiger partial charge is 0.245 e. The Labute approximate surface area is 313 Å². The normalized spacial score (nSPS) is 13.2. The van der Waals surface area contributed by atoms with E-state index >= 15 is 0 Å². The first-order chi connectivity index (χ1) is 24.6. The van der Waals surface area contributed by atoms with Gasteiger partial charge >= 0.3 is 0 Å². The standard InChI is InChI=1S/C35H62N8O10/c1-11-26(39-28(46)17-25(45)13-12-22(2)3)35(53)42(9)21-32(50)41(8)20-30(48)36-19-31(49)43(10)27(16-23(4)5)33(51)37-18-29(47)38-24(6)34(52)40(7)14-15-44/h15,22-27,45H,11-14,16-21H2,1-10H3,(H,36,48)(H,37,51)(H,38,47)(H,39,46). The van der Waals surface area contributed by atoms with Crippen molar-refractivity contribution in [3.05, 3.63) is 0 Å². The fourth-order valence-electron chi connectivity index (χ4n) is 4.99. The van der Waals surface area contributed by atoms with Gasteiger partial charge in [-0.25, -0.2) is 0 Å². The van der Waals surface area contributed by atoms with Crippen LogP contribution in [0.4, 0.5) is 0 Å². The third-order valence-electron chi connectivity index (χ3n) is 8.29. The number of carbonyl (C=O) groups is 9. The van der Waals surface area contributed by atoms with Gasteiger partial charge in [0.1, 0.15) is 24.4 Å². The third kappa shape index (κ3) is 19.2. The van der Waals surface area contributed by atoms with E-state index in [-0.39, 0.29) is 38.3 Å². The van der Waals surface area contributed by atoms with E-state index in [2.05, 4.69) is 21.3 Å². The van der Waals surface area contributed by atoms with Gasteiger partial charge in [0.2, 0.25) is 47.3 Å². The predicted molar refractivity (Wildman–Crippen MR) is 196 cm³/mol. The van der Waals surface area contributed by atoms with Gasteiger partial charge in [-0.3, -0.25) is 38.4 Å². The first-order valence-corrected chi connectivity index (χ1v) is 17.9. The number of rotatable bonds is 24. The number of aliphatic hydroxyl groups excluding tert-OH is 1. The number of nitrogens with zero attached hydrogens (tertiary/aromatic N) is 4. The lowest BCUT2D eigenvalue weighted by Crippen LogP contribution is -2.54. The Balaban J connectivity index is 5.05. The van der Waals surface area contributed by atoms with Crippen molar-refractivity contribution in [2.75, 3.05) is 60.9 Å². The molecule has 0 bridgehead atoms. The van der Waals surface area contributed by atoms with Gasteiger partial charge in [0.15, 0.2) is 0 Å². The second-order valence-electron chi connectivity index (χ2n) is 14.1. The molecule has 302 valence electrons. The number of hydrogen-bond acceptors (Lipinski definition) is 10. The number of nitrogens with one attached hydrogen (secondary N) is 4. The van der Waals surface area contributed by atoms with Crippen LogP contribution in [0.3, 0.4) is 0 Å². The molecule has 8 amide bonds. The van der Waals surface area contributed by atoms with Crippen molar-refractivity contribution in [3.63, 3.8) is 0 Å². The number of likely N-dealkylation sites (N-methyl/N-ethyl adjacent to an activating group) is 4. The summed E-state index contributed by atoms with van der Waals surface area (Å²) in [5.41, 5.74) is 0. The molecule has 0 aromatic carbocycles. The highest BCUT2D eigenvalue weighted by atomic mass is 16.3. The summed E-state index contributed by atoms with van der Waals surface area (Å²) in [5, 5.41) is 20.1. The molecule has 0 aromatic rings. The van der Waals surface area contributed by atoms with E-state index in [4.69, 9.17) is 0 Å². The minimum absolute atomic E-state index is 0.0311. The Morgan fingerprint density at radius 3 is 1.85 bits per heavy atom. The van der Waals surface area contributed by atoms with Crippen LogP contribution in [0, 0.1) is 11.8 Å². The molecule has 0 rings (SSSR count). The molecule has 4 unspecified atom stereocenters. The predicted octanol–water partition coefficient (Wildman–Crippen LogP) is -1.75. The number of aldehydes is 1. The molecule has 0 saturated heterocycles. The lowest BCUT2D eigenvalue weighted by molar-refractivity contribution is -0.142. The third-order valence-corrected chi connectivity index (χ3v) is 8.29. The van der Waals surface area contributed by atoms with Gasteiger partial charge in [-0.1, -0.05) is 34.6 Å². The summed E-state index contributed by atoms with van der Waals surface area (Å²) in [5.74, 6) is -4.27. The Hall–Kier alpha value is -4.61. The molecule has 0 radical (unpaired) electrons. The molecular formula is C35H62N8O10. The van der Waals surface area contributed by atoms with E-state index in [9.17, 15) is 48.3 Å². The first kappa shape index (κ1) is 48.4. The van der Waals surface area contributed by atoms with Crippen LogP contribution >= 0.6 is 0 Å². The summed E-state index contributed by atoms with van der Waals surface area (Å²) in [4.78, 5) is 117. The van der Waals surface area contributed by atoms with Crippen molar-refractivity contribution in [2.45, 2.75) is 97.9 Å². The van der Waals surface area contributed by atoms with Gasteiger partial charge in [-0.2, -0.15) is 0 Å². The Kier molecular flexibility index (Phi) is 22.5. The van der Waals surface area contributed by atoms with E-state index in [1.165, 1.54) is 35.1 Å². The zero-order valence-electron chi connectivity index (χ0n) is 33.0. The zero-order valence-corrected chi connectivity index (χ0v) is 33.0. The van der Waals surface area contributed by atoms with Gasteiger partial charge in [0, 0.05) is 28.2 Å². The number of aliphatic hydroxyl groups is 1. The summed E-state index contributed by atoms with van der Waals surface area (Å²) in [7, 11) is 5.54. The van der Waals surface area contributed by atoms with E-state index in [0.29, 0.717) is 18.6 Å². The Bertz CT molecular complexity index is 1280. The van der Waals surface area contributed by atoms with Gasteiger partial charge in [0.25, 0.3) is 0 Å². The van der Waals surface area contributed by atoms with E-state index < -0.39 is 91.1 Å². The lowest BCUT2D eigenvalue weighted by atomic mass is 10.0. The zero-order chi connectivity index (χ0) is 41.0. The second kappa shape index (κ2) is 24.6. The molecule has 0 aliphatic carbocycles. The van der Waals surface area contributed by atoms with Crippen LogP contribution in [-0.4, -0.2) is 163 Å². The van der Waals surface area contributed by atoms with Crippen molar-refractivity contribution >= 4 is 53.5 Å². The maximum atomic E-state index is 13.0. The molecule has 0 aliphatic rings. The van der Waals surface area contributed by atoms with Crippen molar-refractivity contribution < 1.29 is 48.3 Å². The van der Waals surface area contributed by atoms with E-state index in [1.807, 2.05) is 27.7 Å². The molecule has 0 aromatic heterocycles. The number of carbonyl (C=O) groups excluding carboxylic acids is 9. The minimum Gasteiger partial charge on any atom is -0.393 e. The molecule has 0 fully saturated rings. The maximum absolute atomic E-state index is 13.0. The maximum Gasteiger partial charge on any atom is 0.245 e. The van der Waals surface area contributed by atoms with Crippen molar-refractivity contribution in [2.24, 2.45) is 11.8 Å². The lowest BCUT2D eigenvalue weighted by Gasteiger charge is -2.29. The summed E-state index contributed by atoms with van der Waals surface area (Å²) in [6.07, 6.45) is 1.28. The van der Waals surface area contributed by atoms with Crippen LogP contribution < -0.4 is 21.3 Å². The average molecular weight is 755 g/mol. The highest BCUT2D eigenvalue weighted by Gasteiger charge is 2.29. The summed E-state index contributed by atoms with van der Waals surface area (Å²) in [6.45, 7) is 8.92. The molecule has 53 heavy (non-hydrogen) atoms. The molecule has 18 heteroatoms. The van der Waals surface area contributed by atoms with Crippen LogP contribution in [0.5, 0.6) is 0 Å². The number of hydrogen-bond donors (Lipinski definition) is 5. The summed E-state index contributed by atoms with van der Waals surface area (Å²) in [6, 6.07) is -2.84. The molecular weight excluding hydrogens is 692 g/mol. The van der Waals surface area contributed by atoms with E-state index in [0.717, 1.165) is 26.0 Å². The molecule has 0 heterocycles. The highest BCUT2D eigenvalue weighted by Crippen LogP contribution is 2.12. The molecule has 0 saturated carbocycles. The summed E-state index contributed by atoms with van der Waals surface area (Å²) >= 11 is 0. The minimum atomic E-state index is -0.992. The van der Waals surface area contributed by atoms with Crippen LogP contribution in [0.15, 0.2) is 0 Å². The summed E-state index contributed by atoms with van der Waals surface area (Å²) < 4.78 is 0. The van der Waals surface area contributed by atoms with Crippen molar-refractivity contribution in [1.82, 2.24) is 40.9 Å². The average Bonchev–Trinajstić information content (AvgIpc) is 3.08. The fraction of sp³-hybridized carbons (Fsp3) is 0.743. The quantitative estimate of drug-likeness (QED) is 0.0698. The second-order valence-corrected chi connectivity index (χ2v) is 14.1. The SMILES string of the molecule is CCC(NC(=O)CC(O)CCC(C)C)C(=O)N(C)CC(=O)N(C)CC(=O)NCC(=O)N(C)C(CC(C)C)C(=O)NCC(=O)NC(C)C(=O)N(C)CC=O. The van der Waals surface area contributed by atoms with Gasteiger partial charge in [0.05, 0.1) is 45.2 Å². The molecule has 0 aliphatic heterocycles. The van der Waals surface area contributed by atoms with Crippen LogP contribution in [0.25, 0.3) is 0 Å². The van der Waals surface area contributed by atoms with Crippen LogP contribution in [0.1, 0.15) is 73.6 Å².